The molecule has 0 saturated heterocycles. The van der Waals surface area contributed by atoms with Crippen LogP contribution in [0.2, 0.25) is 0 Å². The molecule has 0 spiro atoms. The molecule has 0 aliphatic heterocycles. The molecule has 3 rings (SSSR count). The maximum Gasteiger partial charge on any atom is 0.229 e. The number of ketones is 1. The number of aliphatic hydroxyl groups excluding tert-OH is 1. The number of anilines is 1. The number of fused-ring (bicyclic) bond motifs is 1. The molecule has 0 saturated carbocycles. The first kappa shape index (κ1) is 22.8. The molecule has 1 atom stereocenters. The maximum atomic E-state index is 11.8. The SMILES string of the molecule is CC(=O)c1c(C)[nH]c2cc(OCCNCC(O)c3cccc(NS(C)(=O)=O)c3)ccc12. The van der Waals surface area contributed by atoms with Gasteiger partial charge in [-0.2, -0.15) is 0 Å². The van der Waals surface area contributed by atoms with E-state index in [4.69, 9.17) is 4.74 Å². The number of hydrogen-bond donors (Lipinski definition) is 4. The van der Waals surface area contributed by atoms with Crippen LogP contribution in [0.15, 0.2) is 42.5 Å². The number of nitrogens with one attached hydrogen (secondary N) is 3. The number of H-pyrrole nitrogens is 1. The summed E-state index contributed by atoms with van der Waals surface area (Å²) >= 11 is 0. The molecule has 8 nitrogen and oxygen atoms in total. The van der Waals surface area contributed by atoms with Crippen LogP contribution in [-0.2, 0) is 10.0 Å². The first-order valence-corrected chi connectivity index (χ1v) is 11.8. The second-order valence-electron chi connectivity index (χ2n) is 7.46. The zero-order valence-corrected chi connectivity index (χ0v) is 18.5. The fourth-order valence-corrected chi connectivity index (χ4v) is 4.03. The van der Waals surface area contributed by atoms with Gasteiger partial charge < -0.3 is 20.1 Å². The van der Waals surface area contributed by atoms with Crippen molar-refractivity contribution >= 4 is 32.4 Å². The Morgan fingerprint density at radius 2 is 2.00 bits per heavy atom. The fourth-order valence-electron chi connectivity index (χ4n) is 3.48. The van der Waals surface area contributed by atoms with Crippen molar-refractivity contribution in [2.24, 2.45) is 0 Å². The van der Waals surface area contributed by atoms with Gasteiger partial charge in [0.25, 0.3) is 0 Å². The highest BCUT2D eigenvalue weighted by Gasteiger charge is 2.13. The van der Waals surface area contributed by atoms with Crippen LogP contribution < -0.4 is 14.8 Å². The zero-order valence-electron chi connectivity index (χ0n) is 17.7. The van der Waals surface area contributed by atoms with Gasteiger partial charge in [-0.3, -0.25) is 9.52 Å². The van der Waals surface area contributed by atoms with Crippen molar-refractivity contribution in [3.05, 3.63) is 59.3 Å². The highest BCUT2D eigenvalue weighted by Crippen LogP contribution is 2.26. The van der Waals surface area contributed by atoms with Crippen LogP contribution in [0.4, 0.5) is 5.69 Å². The molecule has 0 radical (unpaired) electrons. The lowest BCUT2D eigenvalue weighted by molar-refractivity contribution is 0.101. The van der Waals surface area contributed by atoms with Gasteiger partial charge in [0.2, 0.25) is 10.0 Å². The van der Waals surface area contributed by atoms with Gasteiger partial charge in [0.15, 0.2) is 5.78 Å². The average Bonchev–Trinajstić information content (AvgIpc) is 3.01. The molecule has 4 N–H and O–H groups in total. The van der Waals surface area contributed by atoms with Gasteiger partial charge >= 0.3 is 0 Å². The summed E-state index contributed by atoms with van der Waals surface area (Å²) in [7, 11) is -3.37. The molecule has 1 heterocycles. The quantitative estimate of drug-likeness (QED) is 0.281. The molecule has 3 aromatic rings. The summed E-state index contributed by atoms with van der Waals surface area (Å²) in [6.07, 6.45) is 0.291. The highest BCUT2D eigenvalue weighted by atomic mass is 32.2. The van der Waals surface area contributed by atoms with Crippen LogP contribution in [-0.4, -0.2) is 50.2 Å². The van der Waals surface area contributed by atoms with E-state index in [-0.39, 0.29) is 5.78 Å². The first-order valence-electron chi connectivity index (χ1n) is 9.86. The lowest BCUT2D eigenvalue weighted by Crippen LogP contribution is -2.26. The predicted molar refractivity (Wildman–Crippen MR) is 121 cm³/mol. The summed E-state index contributed by atoms with van der Waals surface area (Å²) < 4.78 is 30.8. The molecule has 31 heavy (non-hydrogen) atoms. The Hall–Kier alpha value is -2.88. The lowest BCUT2D eigenvalue weighted by Gasteiger charge is -2.14. The number of carbonyl (C=O) groups excluding carboxylic acids is 1. The number of carbonyl (C=O) groups is 1. The Morgan fingerprint density at radius 3 is 2.71 bits per heavy atom. The molecule has 1 aromatic heterocycles. The Labute approximate surface area is 181 Å². The molecule has 0 amide bonds. The zero-order chi connectivity index (χ0) is 22.6. The molecule has 0 fully saturated rings. The number of aromatic amines is 1. The van der Waals surface area contributed by atoms with Crippen LogP contribution in [0.3, 0.4) is 0 Å². The molecule has 1 unspecified atom stereocenters. The monoisotopic (exact) mass is 445 g/mol. The summed E-state index contributed by atoms with van der Waals surface area (Å²) in [5, 5.41) is 14.3. The van der Waals surface area contributed by atoms with Gasteiger partial charge in [-0.25, -0.2) is 8.42 Å². The Morgan fingerprint density at radius 1 is 1.23 bits per heavy atom. The van der Waals surface area contributed by atoms with Crippen molar-refractivity contribution in [2.45, 2.75) is 20.0 Å². The van der Waals surface area contributed by atoms with Crippen molar-refractivity contribution in [3.63, 3.8) is 0 Å². The average molecular weight is 446 g/mol. The number of aromatic nitrogens is 1. The Kier molecular flexibility index (Phi) is 6.99. The molecule has 0 bridgehead atoms. The number of sulfonamides is 1. The van der Waals surface area contributed by atoms with Gasteiger partial charge in [0.05, 0.1) is 17.9 Å². The number of aryl methyl sites for hydroxylation is 1. The number of benzene rings is 2. The fraction of sp³-hybridized carbons (Fsp3) is 0.318. The summed E-state index contributed by atoms with van der Waals surface area (Å²) in [6.45, 7) is 4.63. The Balaban J connectivity index is 1.49. The second kappa shape index (κ2) is 9.51. The smallest absolute Gasteiger partial charge is 0.229 e. The predicted octanol–water partition coefficient (Wildman–Crippen LogP) is 2.75. The largest absolute Gasteiger partial charge is 0.492 e. The van der Waals surface area contributed by atoms with E-state index in [1.165, 1.54) is 0 Å². The van der Waals surface area contributed by atoms with E-state index in [1.807, 2.05) is 25.1 Å². The Bertz CT molecular complexity index is 1190. The van der Waals surface area contributed by atoms with Gasteiger partial charge in [-0.05, 0) is 43.7 Å². The summed E-state index contributed by atoms with van der Waals surface area (Å²) in [4.78, 5) is 15.0. The van der Waals surface area contributed by atoms with Gasteiger partial charge in [-0.15, -0.1) is 0 Å². The summed E-state index contributed by atoms with van der Waals surface area (Å²) in [6, 6.07) is 12.2. The maximum absolute atomic E-state index is 11.8. The first-order chi connectivity index (χ1) is 14.6. The minimum Gasteiger partial charge on any atom is -0.492 e. The minimum absolute atomic E-state index is 0.0258. The van der Waals surface area contributed by atoms with E-state index in [9.17, 15) is 18.3 Å². The number of hydrogen-bond acceptors (Lipinski definition) is 6. The van der Waals surface area contributed by atoms with E-state index in [1.54, 1.807) is 31.2 Å². The van der Waals surface area contributed by atoms with Gasteiger partial charge in [0.1, 0.15) is 12.4 Å². The van der Waals surface area contributed by atoms with Crippen LogP contribution >= 0.6 is 0 Å². The van der Waals surface area contributed by atoms with E-state index < -0.39 is 16.1 Å². The van der Waals surface area contributed by atoms with E-state index in [0.717, 1.165) is 22.9 Å². The van der Waals surface area contributed by atoms with Crippen molar-refractivity contribution in [2.75, 3.05) is 30.7 Å². The van der Waals surface area contributed by atoms with E-state index in [2.05, 4.69) is 15.0 Å². The number of aliphatic hydroxyl groups is 1. The third-order valence-electron chi connectivity index (χ3n) is 4.77. The molecular formula is C22H27N3O5S. The van der Waals surface area contributed by atoms with Crippen molar-refractivity contribution < 1.29 is 23.1 Å². The molecule has 0 aliphatic carbocycles. The highest BCUT2D eigenvalue weighted by molar-refractivity contribution is 7.92. The van der Waals surface area contributed by atoms with Gasteiger partial charge in [-0.1, -0.05) is 12.1 Å². The van der Waals surface area contributed by atoms with Crippen LogP contribution in [0.1, 0.15) is 34.6 Å². The van der Waals surface area contributed by atoms with Crippen LogP contribution in [0.5, 0.6) is 5.75 Å². The summed E-state index contributed by atoms with van der Waals surface area (Å²) in [5.74, 6) is 0.712. The summed E-state index contributed by atoms with van der Waals surface area (Å²) in [5.41, 5.74) is 3.41. The van der Waals surface area contributed by atoms with Crippen molar-refractivity contribution in [3.8, 4) is 5.75 Å². The minimum atomic E-state index is -3.37. The second-order valence-corrected chi connectivity index (χ2v) is 9.21. The molecule has 166 valence electrons. The van der Waals surface area contributed by atoms with E-state index in [0.29, 0.717) is 42.3 Å². The molecule has 9 heteroatoms. The van der Waals surface area contributed by atoms with Crippen molar-refractivity contribution in [1.29, 1.82) is 0 Å². The normalized spacial score (nSPS) is 12.6. The third-order valence-corrected chi connectivity index (χ3v) is 5.38. The topological polar surface area (TPSA) is 121 Å². The van der Waals surface area contributed by atoms with E-state index >= 15 is 0 Å². The third kappa shape index (κ3) is 6.06. The molecule has 0 aliphatic rings. The van der Waals surface area contributed by atoms with Crippen molar-refractivity contribution in [1.82, 2.24) is 10.3 Å². The standard InChI is InChI=1S/C22H27N3O5S/c1-14-22(15(2)26)19-8-7-18(12-20(19)24-14)30-10-9-23-13-21(27)16-5-4-6-17(11-16)25-31(3,28)29/h4-8,11-12,21,23-25,27H,9-10,13H2,1-3H3. The molecular weight excluding hydrogens is 418 g/mol. The van der Waals surface area contributed by atoms with Gasteiger partial charge in [0, 0.05) is 41.5 Å². The lowest BCUT2D eigenvalue weighted by atomic mass is 10.1. The molecule has 2 aromatic carbocycles. The number of ether oxygens (including phenoxy) is 1. The number of Topliss-reactive ketones (excluding diaryl/α,β-unsaturated/α-hetero) is 1. The number of rotatable bonds is 10. The van der Waals surface area contributed by atoms with Crippen LogP contribution in [0, 0.1) is 6.92 Å². The van der Waals surface area contributed by atoms with Crippen LogP contribution in [0.25, 0.3) is 10.9 Å².